The van der Waals surface area contributed by atoms with E-state index in [0.29, 0.717) is 0 Å². The number of carboxylic acid groups (broad SMARTS) is 1. The highest BCUT2D eigenvalue weighted by molar-refractivity contribution is 7.99. The van der Waals surface area contributed by atoms with Crippen LogP contribution in [0, 0.1) is 0 Å². The Kier molecular flexibility index (Phi) is 12.7. The van der Waals surface area contributed by atoms with Crippen LogP contribution < -0.4 is 0 Å². The van der Waals surface area contributed by atoms with Crippen molar-refractivity contribution in [3.8, 4) is 22.5 Å². The van der Waals surface area contributed by atoms with Gasteiger partial charge in [-0.1, -0.05) is 131 Å². The number of carbonyl (C=O) groups is 1. The van der Waals surface area contributed by atoms with Crippen LogP contribution in [0.4, 0.5) is 0 Å². The fourth-order valence-electron chi connectivity index (χ4n) is 4.56. The van der Waals surface area contributed by atoms with E-state index in [4.69, 9.17) is 10.1 Å². The Balaban J connectivity index is 1.76. The van der Waals surface area contributed by atoms with E-state index in [1.807, 2.05) is 11.8 Å². The number of benzene rings is 2. The maximum atomic E-state index is 10.8. The third-order valence-electron chi connectivity index (χ3n) is 6.53. The molecular weight excluding hydrogens is 464 g/mol. The summed E-state index contributed by atoms with van der Waals surface area (Å²) in [6.45, 7) is 3.20. The normalized spacial score (nSPS) is 11.1. The quantitative estimate of drug-likeness (QED) is 0.138. The maximum Gasteiger partial charge on any atom is 0.303 e. The van der Waals surface area contributed by atoms with Crippen LogP contribution in [0.25, 0.3) is 22.5 Å². The predicted molar refractivity (Wildman–Crippen MR) is 153 cm³/mol. The van der Waals surface area contributed by atoms with Crippen molar-refractivity contribution in [2.24, 2.45) is 0 Å². The van der Waals surface area contributed by atoms with Gasteiger partial charge in [-0.05, 0) is 19.3 Å². The summed E-state index contributed by atoms with van der Waals surface area (Å²) in [5, 5.41) is 9.98. The molecule has 3 rings (SSSR count). The lowest BCUT2D eigenvalue weighted by molar-refractivity contribution is -0.137. The van der Waals surface area contributed by atoms with E-state index in [1.165, 1.54) is 49.8 Å². The van der Waals surface area contributed by atoms with Crippen LogP contribution in [0.5, 0.6) is 0 Å². The van der Waals surface area contributed by atoms with Crippen LogP contribution in [0.3, 0.4) is 0 Å². The van der Waals surface area contributed by atoms with Crippen molar-refractivity contribution in [2.75, 3.05) is 5.75 Å². The first-order chi connectivity index (χ1) is 17.7. The highest BCUT2D eigenvalue weighted by Gasteiger charge is 2.20. The molecule has 0 aliphatic carbocycles. The summed E-state index contributed by atoms with van der Waals surface area (Å²) >= 11 is 1.90. The van der Waals surface area contributed by atoms with Gasteiger partial charge in [0.25, 0.3) is 0 Å². The van der Waals surface area contributed by atoms with E-state index < -0.39 is 5.97 Å². The van der Waals surface area contributed by atoms with Crippen LogP contribution in [0.15, 0.2) is 65.8 Å². The van der Waals surface area contributed by atoms with Gasteiger partial charge in [-0.25, -0.2) is 4.98 Å². The molecule has 4 nitrogen and oxygen atoms in total. The van der Waals surface area contributed by atoms with Crippen LogP contribution in [0.2, 0.25) is 0 Å². The number of thioether (sulfide) groups is 1. The molecule has 36 heavy (non-hydrogen) atoms. The van der Waals surface area contributed by atoms with Gasteiger partial charge in [-0.15, -0.1) is 0 Å². The molecule has 0 fully saturated rings. The van der Waals surface area contributed by atoms with Gasteiger partial charge in [0.2, 0.25) is 0 Å². The molecule has 0 aliphatic rings. The molecule has 0 radical (unpaired) electrons. The van der Waals surface area contributed by atoms with Crippen molar-refractivity contribution in [2.45, 2.75) is 95.7 Å². The minimum Gasteiger partial charge on any atom is -0.481 e. The van der Waals surface area contributed by atoms with Crippen LogP contribution >= 0.6 is 11.8 Å². The van der Waals surface area contributed by atoms with Crippen LogP contribution in [-0.4, -0.2) is 26.4 Å². The van der Waals surface area contributed by atoms with Gasteiger partial charge in [-0.3, -0.25) is 4.79 Å². The third-order valence-corrected chi connectivity index (χ3v) is 7.59. The zero-order valence-electron chi connectivity index (χ0n) is 21.8. The first-order valence-electron chi connectivity index (χ1n) is 13.8. The minimum absolute atomic E-state index is 0.277. The van der Waals surface area contributed by atoms with E-state index >= 15 is 0 Å². The van der Waals surface area contributed by atoms with E-state index in [9.17, 15) is 4.79 Å². The second-order valence-corrected chi connectivity index (χ2v) is 10.6. The molecule has 1 N–H and O–H groups in total. The monoisotopic (exact) mass is 506 g/mol. The molecule has 0 saturated carbocycles. The number of imidazole rings is 1. The summed E-state index contributed by atoms with van der Waals surface area (Å²) in [5.74, 6) is 0.405. The number of hydrogen-bond acceptors (Lipinski definition) is 3. The van der Waals surface area contributed by atoms with Gasteiger partial charge < -0.3 is 9.67 Å². The zero-order chi connectivity index (χ0) is 25.4. The fraction of sp³-hybridized carbons (Fsp3) is 0.484. The molecule has 0 bridgehead atoms. The van der Waals surface area contributed by atoms with E-state index in [1.54, 1.807) is 0 Å². The van der Waals surface area contributed by atoms with Crippen molar-refractivity contribution in [1.82, 2.24) is 9.55 Å². The summed E-state index contributed by atoms with van der Waals surface area (Å²) in [5.41, 5.74) is 4.63. The summed E-state index contributed by atoms with van der Waals surface area (Å²) in [7, 11) is 0. The van der Waals surface area contributed by atoms with Crippen LogP contribution in [-0.2, 0) is 11.3 Å². The van der Waals surface area contributed by atoms with Crippen molar-refractivity contribution in [3.05, 3.63) is 60.7 Å². The summed E-state index contributed by atoms with van der Waals surface area (Å²) in [6, 6.07) is 21.2. The minimum atomic E-state index is -0.693. The Labute approximate surface area is 221 Å². The van der Waals surface area contributed by atoms with Gasteiger partial charge in [0.1, 0.15) is 0 Å². The van der Waals surface area contributed by atoms with E-state index in [-0.39, 0.29) is 6.42 Å². The molecule has 0 atom stereocenters. The number of rotatable bonds is 18. The topological polar surface area (TPSA) is 55.1 Å². The van der Waals surface area contributed by atoms with Crippen molar-refractivity contribution >= 4 is 17.7 Å². The number of aromatic nitrogens is 2. The molecule has 1 aromatic heterocycles. The highest BCUT2D eigenvalue weighted by atomic mass is 32.2. The van der Waals surface area contributed by atoms with Gasteiger partial charge >= 0.3 is 5.97 Å². The summed E-state index contributed by atoms with van der Waals surface area (Å²) in [4.78, 5) is 16.0. The molecule has 0 spiro atoms. The van der Waals surface area contributed by atoms with Crippen molar-refractivity contribution in [3.63, 3.8) is 0 Å². The Morgan fingerprint density at radius 2 is 1.36 bits per heavy atom. The van der Waals surface area contributed by atoms with Crippen molar-refractivity contribution < 1.29 is 9.90 Å². The maximum absolute atomic E-state index is 10.8. The molecule has 0 unspecified atom stereocenters. The number of hydrogen-bond donors (Lipinski definition) is 1. The zero-order valence-corrected chi connectivity index (χ0v) is 22.6. The molecule has 0 aliphatic heterocycles. The fourth-order valence-corrected chi connectivity index (χ4v) is 5.58. The van der Waals surface area contributed by atoms with Crippen molar-refractivity contribution in [1.29, 1.82) is 0 Å². The second-order valence-electron chi connectivity index (χ2n) is 9.50. The van der Waals surface area contributed by atoms with Gasteiger partial charge in [0.05, 0.1) is 11.4 Å². The summed E-state index contributed by atoms with van der Waals surface area (Å²) < 4.78 is 2.44. The molecule has 1 heterocycles. The summed E-state index contributed by atoms with van der Waals surface area (Å²) in [6.07, 6.45) is 13.1. The highest BCUT2D eigenvalue weighted by Crippen LogP contribution is 2.36. The smallest absolute Gasteiger partial charge is 0.303 e. The Morgan fingerprint density at radius 3 is 2.03 bits per heavy atom. The van der Waals surface area contributed by atoms with E-state index in [2.05, 4.69) is 72.2 Å². The first-order valence-corrected chi connectivity index (χ1v) is 14.7. The third kappa shape index (κ3) is 9.16. The van der Waals surface area contributed by atoms with Gasteiger partial charge in [0.15, 0.2) is 5.16 Å². The molecule has 0 saturated heterocycles. The molecule has 0 amide bonds. The van der Waals surface area contributed by atoms with Crippen LogP contribution in [0.1, 0.15) is 84.0 Å². The lowest BCUT2D eigenvalue weighted by Gasteiger charge is -2.13. The number of aliphatic carboxylic acids is 1. The average molecular weight is 507 g/mol. The number of carboxylic acids is 1. The standard InChI is InChI=1S/C31H42N2O2S/c1-2-3-4-5-9-18-25-36-31-32-29(26-19-12-10-13-20-26)30(27-21-14-11-15-22-27)33(31)24-17-8-6-7-16-23-28(34)35/h10-15,19-22H,2-9,16-18,23-25H2,1H3,(H,34,35). The van der Waals surface area contributed by atoms with Gasteiger partial charge in [0, 0.05) is 29.8 Å². The lowest BCUT2D eigenvalue weighted by Crippen LogP contribution is -2.03. The second kappa shape index (κ2) is 16.3. The Morgan fingerprint density at radius 1 is 0.778 bits per heavy atom. The number of nitrogens with zero attached hydrogens (tertiary/aromatic N) is 2. The molecule has 194 valence electrons. The molecule has 3 aromatic rings. The molecule has 2 aromatic carbocycles. The predicted octanol–water partition coefficient (Wildman–Crippen LogP) is 9.09. The largest absolute Gasteiger partial charge is 0.481 e. The Hall–Kier alpha value is -2.53. The SMILES string of the molecule is CCCCCCCCSc1nc(-c2ccccc2)c(-c2ccccc2)n1CCCCCCCC(=O)O. The number of unbranched alkanes of at least 4 members (excludes halogenated alkanes) is 9. The Bertz CT molecular complexity index is 1020. The lowest BCUT2D eigenvalue weighted by atomic mass is 10.0. The van der Waals surface area contributed by atoms with Gasteiger partial charge in [-0.2, -0.15) is 0 Å². The average Bonchev–Trinajstić information content (AvgIpc) is 3.26. The molecular formula is C31H42N2O2S. The van der Waals surface area contributed by atoms with E-state index in [0.717, 1.165) is 60.8 Å². The first kappa shape index (κ1) is 28.0. The molecule has 5 heteroatoms.